The number of hydrogen-bond acceptors (Lipinski definition) is 4. The minimum Gasteiger partial charge on any atom is -0.396 e. The zero-order valence-corrected chi connectivity index (χ0v) is 13.6. The van der Waals surface area contributed by atoms with Crippen molar-refractivity contribution >= 4 is 34.2 Å². The van der Waals surface area contributed by atoms with Gasteiger partial charge in [0, 0.05) is 18.9 Å². The van der Waals surface area contributed by atoms with Gasteiger partial charge in [-0.2, -0.15) is 0 Å². The van der Waals surface area contributed by atoms with Crippen LogP contribution in [-0.4, -0.2) is 43.7 Å². The fraction of sp³-hybridized carbons (Fsp3) is 0.533. The van der Waals surface area contributed by atoms with Crippen LogP contribution in [0.4, 0.5) is 0 Å². The fourth-order valence-electron chi connectivity index (χ4n) is 3.30. The molecule has 1 aliphatic rings. The number of halogens is 2. The zero-order chi connectivity index (χ0) is 16.0. The van der Waals surface area contributed by atoms with Crippen LogP contribution in [0.1, 0.15) is 25.2 Å². The van der Waals surface area contributed by atoms with E-state index in [1.807, 2.05) is 11.5 Å². The summed E-state index contributed by atoms with van der Waals surface area (Å²) in [6, 6.07) is 3.09. The Balaban J connectivity index is 2.15. The summed E-state index contributed by atoms with van der Waals surface area (Å²) in [5, 5.41) is 30.6. The third-order valence-corrected chi connectivity index (χ3v) is 5.18. The number of benzene rings is 1. The average molecular weight is 345 g/mol. The van der Waals surface area contributed by atoms with E-state index < -0.39 is 12.2 Å². The summed E-state index contributed by atoms with van der Waals surface area (Å²) in [5.41, 5.74) is 1.49. The minimum atomic E-state index is -0.950. The van der Waals surface area contributed by atoms with Gasteiger partial charge >= 0.3 is 0 Å². The second kappa shape index (κ2) is 5.98. The van der Waals surface area contributed by atoms with Crippen LogP contribution in [0.2, 0.25) is 10.0 Å². The van der Waals surface area contributed by atoms with E-state index in [9.17, 15) is 15.3 Å². The van der Waals surface area contributed by atoms with E-state index in [4.69, 9.17) is 23.2 Å². The van der Waals surface area contributed by atoms with Gasteiger partial charge in [0.25, 0.3) is 0 Å². The van der Waals surface area contributed by atoms with Crippen LogP contribution in [0.3, 0.4) is 0 Å². The Morgan fingerprint density at radius 1 is 1.23 bits per heavy atom. The molecule has 0 saturated heterocycles. The molecule has 22 heavy (non-hydrogen) atoms. The van der Waals surface area contributed by atoms with Crippen molar-refractivity contribution in [3.05, 3.63) is 28.0 Å². The Bertz CT molecular complexity index is 704. The van der Waals surface area contributed by atoms with E-state index >= 15 is 0 Å². The molecule has 7 heteroatoms. The maximum Gasteiger partial charge on any atom is 0.109 e. The van der Waals surface area contributed by atoms with E-state index in [0.717, 1.165) is 11.3 Å². The molecule has 2 aromatic rings. The highest BCUT2D eigenvalue weighted by Crippen LogP contribution is 2.39. The summed E-state index contributed by atoms with van der Waals surface area (Å²) in [4.78, 5) is 4.55. The normalized spacial score (nSPS) is 28.6. The molecule has 0 amide bonds. The van der Waals surface area contributed by atoms with Gasteiger partial charge in [-0.25, -0.2) is 4.98 Å². The van der Waals surface area contributed by atoms with Crippen molar-refractivity contribution in [2.45, 2.75) is 38.0 Å². The SMILES string of the molecule is CCc1nc2cc(Cl)c(Cl)cc2n1[C@H]1C[C@@H](CO)[C@H](O)[C@@H]1O. The lowest BCUT2D eigenvalue weighted by atomic mass is 10.1. The third kappa shape index (κ3) is 2.41. The standard InChI is InChI=1S/C15H18Cl2N2O3/c1-2-13-18-10-4-8(16)9(17)5-11(10)19(13)12-3-7(6-20)14(21)15(12)22/h4-5,7,12,14-15,20-22H,2-3,6H2,1H3/t7-,12-,14-,15+/m0/s1. The van der Waals surface area contributed by atoms with Crippen LogP contribution >= 0.6 is 23.2 Å². The number of hydrogen-bond donors (Lipinski definition) is 3. The molecule has 5 nitrogen and oxygen atoms in total. The topological polar surface area (TPSA) is 78.5 Å². The van der Waals surface area contributed by atoms with E-state index in [1.165, 1.54) is 0 Å². The van der Waals surface area contributed by atoms with E-state index in [0.29, 0.717) is 28.4 Å². The molecule has 0 bridgehead atoms. The molecule has 1 saturated carbocycles. The summed E-state index contributed by atoms with van der Waals surface area (Å²) in [6.07, 6.45) is -0.737. The zero-order valence-electron chi connectivity index (χ0n) is 12.1. The van der Waals surface area contributed by atoms with Crippen LogP contribution in [0.15, 0.2) is 12.1 Å². The van der Waals surface area contributed by atoms with Crippen molar-refractivity contribution < 1.29 is 15.3 Å². The van der Waals surface area contributed by atoms with Crippen molar-refractivity contribution in [2.24, 2.45) is 5.92 Å². The van der Waals surface area contributed by atoms with E-state index in [-0.39, 0.29) is 18.6 Å². The summed E-state index contributed by atoms with van der Waals surface area (Å²) in [5.74, 6) is 0.452. The van der Waals surface area contributed by atoms with Gasteiger partial charge in [0.1, 0.15) is 11.9 Å². The number of nitrogens with zero attached hydrogens (tertiary/aromatic N) is 2. The number of aryl methyl sites for hydroxylation is 1. The monoisotopic (exact) mass is 344 g/mol. The van der Waals surface area contributed by atoms with Crippen molar-refractivity contribution in [2.75, 3.05) is 6.61 Å². The van der Waals surface area contributed by atoms with E-state index in [2.05, 4.69) is 4.98 Å². The van der Waals surface area contributed by atoms with Crippen LogP contribution in [0.25, 0.3) is 11.0 Å². The number of aliphatic hydroxyl groups is 3. The molecule has 1 fully saturated rings. The number of aliphatic hydroxyl groups excluding tert-OH is 3. The Morgan fingerprint density at radius 3 is 2.50 bits per heavy atom. The molecular formula is C15H18Cl2N2O3. The minimum absolute atomic E-state index is 0.157. The first-order valence-electron chi connectivity index (χ1n) is 7.30. The van der Waals surface area contributed by atoms with Gasteiger partial charge < -0.3 is 19.9 Å². The van der Waals surface area contributed by atoms with Crippen LogP contribution in [0, 0.1) is 5.92 Å². The van der Waals surface area contributed by atoms with Gasteiger partial charge in [-0.3, -0.25) is 0 Å². The lowest BCUT2D eigenvalue weighted by Crippen LogP contribution is -2.30. The number of aromatic nitrogens is 2. The largest absolute Gasteiger partial charge is 0.396 e. The molecule has 3 N–H and O–H groups in total. The summed E-state index contributed by atoms with van der Waals surface area (Å²) >= 11 is 12.2. The predicted molar refractivity (Wildman–Crippen MR) is 85.4 cm³/mol. The fourth-order valence-corrected chi connectivity index (χ4v) is 3.61. The molecule has 4 atom stereocenters. The number of rotatable bonds is 3. The Hall–Kier alpha value is -0.850. The predicted octanol–water partition coefficient (Wildman–Crippen LogP) is 2.18. The molecule has 0 unspecified atom stereocenters. The molecule has 1 aromatic heterocycles. The van der Waals surface area contributed by atoms with Gasteiger partial charge in [0.2, 0.25) is 0 Å². The highest BCUT2D eigenvalue weighted by Gasteiger charge is 2.43. The molecule has 1 aliphatic carbocycles. The second-order valence-corrected chi connectivity index (χ2v) is 6.55. The Labute approximate surface area is 138 Å². The van der Waals surface area contributed by atoms with Crippen LogP contribution < -0.4 is 0 Å². The molecule has 1 heterocycles. The van der Waals surface area contributed by atoms with E-state index in [1.54, 1.807) is 12.1 Å². The van der Waals surface area contributed by atoms with Gasteiger partial charge in [0.05, 0.1) is 33.2 Å². The summed E-state index contributed by atoms with van der Waals surface area (Å²) in [7, 11) is 0. The maximum atomic E-state index is 10.4. The highest BCUT2D eigenvalue weighted by molar-refractivity contribution is 6.42. The molecule has 120 valence electrons. The highest BCUT2D eigenvalue weighted by atomic mass is 35.5. The van der Waals surface area contributed by atoms with Crippen LogP contribution in [-0.2, 0) is 6.42 Å². The summed E-state index contributed by atoms with van der Waals surface area (Å²) in [6.45, 7) is 1.82. The first-order chi connectivity index (χ1) is 10.5. The van der Waals surface area contributed by atoms with Gasteiger partial charge in [-0.15, -0.1) is 0 Å². The van der Waals surface area contributed by atoms with Crippen molar-refractivity contribution in [3.63, 3.8) is 0 Å². The van der Waals surface area contributed by atoms with Crippen molar-refractivity contribution in [3.8, 4) is 0 Å². The Morgan fingerprint density at radius 2 is 1.91 bits per heavy atom. The molecular weight excluding hydrogens is 327 g/mol. The van der Waals surface area contributed by atoms with Crippen molar-refractivity contribution in [1.29, 1.82) is 0 Å². The Kier molecular flexibility index (Phi) is 4.36. The van der Waals surface area contributed by atoms with Crippen molar-refractivity contribution in [1.82, 2.24) is 9.55 Å². The first-order valence-corrected chi connectivity index (χ1v) is 8.06. The van der Waals surface area contributed by atoms with Gasteiger partial charge in [-0.1, -0.05) is 30.1 Å². The van der Waals surface area contributed by atoms with Gasteiger partial charge in [-0.05, 0) is 18.6 Å². The number of imidazole rings is 1. The molecule has 1 aromatic carbocycles. The first kappa shape index (κ1) is 16.0. The third-order valence-electron chi connectivity index (χ3n) is 4.46. The lowest BCUT2D eigenvalue weighted by Gasteiger charge is -2.21. The molecule has 0 spiro atoms. The second-order valence-electron chi connectivity index (χ2n) is 5.73. The summed E-state index contributed by atoms with van der Waals surface area (Å²) < 4.78 is 1.92. The van der Waals surface area contributed by atoms with Gasteiger partial charge in [0.15, 0.2) is 0 Å². The van der Waals surface area contributed by atoms with Crippen LogP contribution in [0.5, 0.6) is 0 Å². The smallest absolute Gasteiger partial charge is 0.109 e. The lowest BCUT2D eigenvalue weighted by molar-refractivity contribution is -0.00389. The number of fused-ring (bicyclic) bond motifs is 1. The maximum absolute atomic E-state index is 10.4. The molecule has 3 rings (SSSR count). The quantitative estimate of drug-likeness (QED) is 0.797. The molecule has 0 aliphatic heterocycles. The average Bonchev–Trinajstić information content (AvgIpc) is 2.98. The molecule has 0 radical (unpaired) electrons.